The molecule has 0 fully saturated rings. The molecule has 1 aromatic carbocycles. The van der Waals surface area contributed by atoms with Crippen LogP contribution in [0, 0.1) is 31.1 Å². The number of rotatable bonds is 0. The molecule has 2 atom stereocenters. The van der Waals surface area contributed by atoms with Gasteiger partial charge in [0.15, 0.2) is 5.82 Å². The molecule has 0 saturated heterocycles. The molecule has 4 rings (SSSR count). The van der Waals surface area contributed by atoms with Crippen molar-refractivity contribution < 1.29 is 9.59 Å². The zero-order valence-corrected chi connectivity index (χ0v) is 12.5. The number of benzene rings is 1. The molecule has 7 heteroatoms. The van der Waals surface area contributed by atoms with E-state index in [9.17, 15) is 14.9 Å². The van der Waals surface area contributed by atoms with Crippen LogP contribution < -0.4 is 10.6 Å². The average Bonchev–Trinajstić information content (AvgIpc) is 3.00. The van der Waals surface area contributed by atoms with Crippen molar-refractivity contribution in [2.75, 3.05) is 10.6 Å². The second-order valence-corrected chi connectivity index (χ2v) is 5.93. The number of anilines is 2. The number of hydrogen-bond acceptors (Lipinski definition) is 4. The molecule has 114 valence electrons. The molecule has 0 radical (unpaired) electrons. The summed E-state index contributed by atoms with van der Waals surface area (Å²) in [5.41, 5.74) is 2.07. The Labute approximate surface area is 131 Å². The summed E-state index contributed by atoms with van der Waals surface area (Å²) in [6, 6.07) is 7.55. The zero-order chi connectivity index (χ0) is 16.4. The number of aromatic amines is 1. The third kappa shape index (κ3) is 1.45. The molecule has 1 aromatic heterocycles. The first-order chi connectivity index (χ1) is 11.0. The summed E-state index contributed by atoms with van der Waals surface area (Å²) in [4.78, 5) is 25.4. The maximum absolute atomic E-state index is 13.0. The van der Waals surface area contributed by atoms with E-state index in [0.717, 1.165) is 5.56 Å². The molecule has 2 amide bonds. The fraction of sp³-hybridized carbons (Fsp3) is 0.250. The highest BCUT2D eigenvalue weighted by Gasteiger charge is 2.61. The summed E-state index contributed by atoms with van der Waals surface area (Å²) in [6.45, 7) is 3.69. The largest absolute Gasteiger partial charge is 0.325 e. The Morgan fingerprint density at radius 3 is 2.78 bits per heavy atom. The van der Waals surface area contributed by atoms with Crippen LogP contribution in [0.5, 0.6) is 0 Å². The number of carbonyl (C=O) groups is 2. The molecular weight excluding hydrogens is 294 g/mol. The second kappa shape index (κ2) is 4.20. The topological polar surface area (TPSA) is 111 Å². The number of nitrogens with one attached hydrogen (secondary N) is 3. The van der Waals surface area contributed by atoms with E-state index in [1.165, 1.54) is 0 Å². The summed E-state index contributed by atoms with van der Waals surface area (Å²) in [6.07, 6.45) is 0. The maximum Gasteiger partial charge on any atom is 0.244 e. The maximum atomic E-state index is 13.0. The van der Waals surface area contributed by atoms with Crippen molar-refractivity contribution in [3.8, 4) is 6.07 Å². The van der Waals surface area contributed by atoms with Crippen molar-refractivity contribution in [2.24, 2.45) is 5.92 Å². The predicted octanol–water partition coefficient (Wildman–Crippen LogP) is 1.36. The third-order valence-corrected chi connectivity index (χ3v) is 4.61. The number of H-pyrrole nitrogens is 1. The van der Waals surface area contributed by atoms with Gasteiger partial charge in [0.2, 0.25) is 11.8 Å². The van der Waals surface area contributed by atoms with E-state index >= 15 is 0 Å². The van der Waals surface area contributed by atoms with Crippen molar-refractivity contribution in [3.05, 3.63) is 40.6 Å². The van der Waals surface area contributed by atoms with E-state index in [1.54, 1.807) is 13.0 Å². The molecule has 0 bridgehead atoms. The van der Waals surface area contributed by atoms with Crippen LogP contribution >= 0.6 is 0 Å². The van der Waals surface area contributed by atoms with Gasteiger partial charge in [-0.1, -0.05) is 17.7 Å². The first kappa shape index (κ1) is 13.5. The van der Waals surface area contributed by atoms with Gasteiger partial charge in [0, 0.05) is 16.9 Å². The summed E-state index contributed by atoms with van der Waals surface area (Å²) >= 11 is 0. The van der Waals surface area contributed by atoms with Crippen molar-refractivity contribution in [3.63, 3.8) is 0 Å². The quantitative estimate of drug-likeness (QED) is 0.682. The minimum Gasteiger partial charge on any atom is -0.325 e. The van der Waals surface area contributed by atoms with Crippen molar-refractivity contribution >= 4 is 23.3 Å². The smallest absolute Gasteiger partial charge is 0.244 e. The predicted molar refractivity (Wildman–Crippen MR) is 81.6 cm³/mol. The first-order valence-corrected chi connectivity index (χ1v) is 7.18. The van der Waals surface area contributed by atoms with Gasteiger partial charge in [-0.15, -0.1) is 0 Å². The van der Waals surface area contributed by atoms with Crippen LogP contribution in [0.15, 0.2) is 18.2 Å². The Morgan fingerprint density at radius 2 is 2.04 bits per heavy atom. The van der Waals surface area contributed by atoms with Crippen molar-refractivity contribution in [1.29, 1.82) is 5.26 Å². The number of nitriles is 1. The molecular formula is C16H13N5O2. The molecule has 0 saturated carbocycles. The van der Waals surface area contributed by atoms with Gasteiger partial charge in [-0.25, -0.2) is 0 Å². The van der Waals surface area contributed by atoms with Crippen molar-refractivity contribution in [1.82, 2.24) is 10.2 Å². The lowest BCUT2D eigenvalue weighted by atomic mass is 9.64. The number of hydrogen-bond donors (Lipinski definition) is 3. The summed E-state index contributed by atoms with van der Waals surface area (Å²) in [7, 11) is 0. The van der Waals surface area contributed by atoms with E-state index in [-0.39, 0.29) is 5.91 Å². The first-order valence-electron chi connectivity index (χ1n) is 7.18. The highest BCUT2D eigenvalue weighted by Crippen LogP contribution is 2.52. The Balaban J connectivity index is 2.15. The normalized spacial score (nSPS) is 24.7. The van der Waals surface area contributed by atoms with Gasteiger partial charge in [0.25, 0.3) is 0 Å². The highest BCUT2D eigenvalue weighted by atomic mass is 16.2. The number of nitrogens with zero attached hydrogens (tertiary/aromatic N) is 2. The van der Waals surface area contributed by atoms with Gasteiger partial charge < -0.3 is 10.6 Å². The van der Waals surface area contributed by atoms with Crippen LogP contribution in [0.4, 0.5) is 11.5 Å². The second-order valence-electron chi connectivity index (χ2n) is 5.93. The summed E-state index contributed by atoms with van der Waals surface area (Å²) in [5, 5.41) is 21.9. The number of aromatic nitrogens is 2. The molecule has 7 nitrogen and oxygen atoms in total. The van der Waals surface area contributed by atoms with E-state index in [0.29, 0.717) is 28.3 Å². The molecule has 2 unspecified atom stereocenters. The molecule has 1 spiro atoms. The Hall–Kier alpha value is -3.14. The summed E-state index contributed by atoms with van der Waals surface area (Å²) in [5.74, 6) is -1.74. The number of amides is 2. The van der Waals surface area contributed by atoms with Gasteiger partial charge in [-0.3, -0.25) is 14.7 Å². The SMILES string of the molecule is Cc1ccc2c(c1)C1(C(=O)N2)c2c(n[nH]c2C)NC(=O)C1C#N. The van der Waals surface area contributed by atoms with Crippen LogP contribution in [0.1, 0.15) is 22.4 Å². The fourth-order valence-electron chi connectivity index (χ4n) is 3.66. The van der Waals surface area contributed by atoms with Crippen molar-refractivity contribution in [2.45, 2.75) is 19.3 Å². The molecule has 3 N–H and O–H groups in total. The van der Waals surface area contributed by atoms with Crippen LogP contribution in [0.3, 0.4) is 0 Å². The lowest BCUT2D eigenvalue weighted by Crippen LogP contribution is -2.51. The Morgan fingerprint density at radius 1 is 1.26 bits per heavy atom. The molecule has 3 heterocycles. The molecule has 2 aliphatic rings. The van der Waals surface area contributed by atoms with Crippen LogP contribution in [-0.2, 0) is 15.0 Å². The van der Waals surface area contributed by atoms with Gasteiger partial charge in [-0.05, 0) is 25.5 Å². The van der Waals surface area contributed by atoms with Gasteiger partial charge in [-0.2, -0.15) is 10.4 Å². The average molecular weight is 307 g/mol. The monoisotopic (exact) mass is 307 g/mol. The van der Waals surface area contributed by atoms with Crippen LogP contribution in [-0.4, -0.2) is 22.0 Å². The Kier molecular flexibility index (Phi) is 2.47. The number of carbonyl (C=O) groups excluding carboxylic acids is 2. The van der Waals surface area contributed by atoms with E-state index in [4.69, 9.17) is 0 Å². The van der Waals surface area contributed by atoms with Gasteiger partial charge >= 0.3 is 0 Å². The molecule has 2 aliphatic heterocycles. The standard InChI is InChI=1S/C16H13N5O2/c1-7-3-4-11-9(5-7)16(15(23)18-11)10(6-17)14(22)19-13-12(16)8(2)20-21-13/h3-5,10H,1-2H3,(H,18,23)(H2,19,20,21,22). The van der Waals surface area contributed by atoms with E-state index in [1.807, 2.05) is 25.1 Å². The lowest BCUT2D eigenvalue weighted by molar-refractivity contribution is -0.127. The lowest BCUT2D eigenvalue weighted by Gasteiger charge is -2.35. The summed E-state index contributed by atoms with van der Waals surface area (Å²) < 4.78 is 0. The van der Waals surface area contributed by atoms with Crippen LogP contribution in [0.25, 0.3) is 0 Å². The molecule has 0 aliphatic carbocycles. The molecule has 2 aromatic rings. The third-order valence-electron chi connectivity index (χ3n) is 4.61. The van der Waals surface area contributed by atoms with Gasteiger partial charge in [0.1, 0.15) is 11.3 Å². The number of aryl methyl sites for hydroxylation is 2. The van der Waals surface area contributed by atoms with E-state index < -0.39 is 17.2 Å². The highest BCUT2D eigenvalue weighted by molar-refractivity contribution is 6.16. The van der Waals surface area contributed by atoms with E-state index in [2.05, 4.69) is 20.8 Å². The Bertz CT molecular complexity index is 923. The minimum absolute atomic E-state index is 0.309. The zero-order valence-electron chi connectivity index (χ0n) is 12.5. The molecule has 23 heavy (non-hydrogen) atoms. The minimum atomic E-state index is -1.37. The number of fused-ring (bicyclic) bond motifs is 4. The fourth-order valence-corrected chi connectivity index (χ4v) is 3.66. The van der Waals surface area contributed by atoms with Gasteiger partial charge in [0.05, 0.1) is 6.07 Å². The van der Waals surface area contributed by atoms with Crippen LogP contribution in [0.2, 0.25) is 0 Å².